The van der Waals surface area contributed by atoms with E-state index >= 15 is 0 Å². The van der Waals surface area contributed by atoms with Gasteiger partial charge in [-0.25, -0.2) is 0 Å². The van der Waals surface area contributed by atoms with Crippen molar-refractivity contribution in [2.45, 2.75) is 27.2 Å². The average Bonchev–Trinajstić information content (AvgIpc) is 2.04. The predicted octanol–water partition coefficient (Wildman–Crippen LogP) is 1.70. The average molecular weight is 144 g/mol. The lowest BCUT2D eigenvalue weighted by atomic mass is 10.5. The summed E-state index contributed by atoms with van der Waals surface area (Å²) in [6, 6.07) is 0. The molecule has 0 saturated carbocycles. The smallest absolute Gasteiger partial charge is 0.0909 e. The lowest BCUT2D eigenvalue weighted by Crippen LogP contribution is -2.22. The second kappa shape index (κ2) is 11.2. The van der Waals surface area contributed by atoms with Crippen molar-refractivity contribution in [2.24, 2.45) is 0 Å². The topological polar surface area (TPSA) is 24.1 Å². The van der Waals surface area contributed by atoms with Crippen molar-refractivity contribution < 1.29 is 0 Å². The van der Waals surface area contributed by atoms with Crippen LogP contribution in [0.2, 0.25) is 0 Å². The van der Waals surface area contributed by atoms with Crippen LogP contribution < -0.4 is 10.6 Å². The first-order chi connectivity index (χ1) is 4.81. The Kier molecular flexibility index (Phi) is 13.5. The molecule has 0 aromatic rings. The molecular formula is C8H20N2. The molecule has 0 fully saturated rings. The zero-order chi connectivity index (χ0) is 8.41. The standard InChI is InChI=1S/C6H14N2.C2H6/c1-4-5-8-6(2)7-3;1-2/h7-8H,2,4-5H2,1,3H3;1-2H3. The SMILES string of the molecule is C=C(NC)NCCC.CC. The van der Waals surface area contributed by atoms with Crippen molar-refractivity contribution in [3.8, 4) is 0 Å². The van der Waals surface area contributed by atoms with E-state index in [-0.39, 0.29) is 0 Å². The minimum absolute atomic E-state index is 0.895. The summed E-state index contributed by atoms with van der Waals surface area (Å²) in [6.07, 6.45) is 1.14. The number of rotatable bonds is 4. The molecule has 2 N–H and O–H groups in total. The lowest BCUT2D eigenvalue weighted by molar-refractivity contribution is 0.719. The van der Waals surface area contributed by atoms with E-state index in [9.17, 15) is 0 Å². The first kappa shape index (κ1) is 12.1. The maximum atomic E-state index is 3.69. The van der Waals surface area contributed by atoms with Crippen molar-refractivity contribution in [2.75, 3.05) is 13.6 Å². The molecule has 0 aromatic carbocycles. The Morgan fingerprint density at radius 1 is 1.40 bits per heavy atom. The highest BCUT2D eigenvalue weighted by Crippen LogP contribution is 1.74. The Hall–Kier alpha value is -0.660. The van der Waals surface area contributed by atoms with Gasteiger partial charge in [-0.15, -0.1) is 0 Å². The maximum Gasteiger partial charge on any atom is 0.0909 e. The fourth-order valence-corrected chi connectivity index (χ4v) is 0.364. The van der Waals surface area contributed by atoms with E-state index in [2.05, 4.69) is 24.1 Å². The second-order valence-electron chi connectivity index (χ2n) is 1.66. The minimum Gasteiger partial charge on any atom is -0.375 e. The Labute approximate surface area is 64.7 Å². The van der Waals surface area contributed by atoms with E-state index in [1.807, 2.05) is 20.9 Å². The minimum atomic E-state index is 0.895. The zero-order valence-electron chi connectivity index (χ0n) is 7.62. The summed E-state index contributed by atoms with van der Waals surface area (Å²) in [7, 11) is 1.85. The monoisotopic (exact) mass is 144 g/mol. The largest absolute Gasteiger partial charge is 0.375 e. The molecule has 2 heteroatoms. The summed E-state index contributed by atoms with van der Waals surface area (Å²) in [5.41, 5.74) is 0. The predicted molar refractivity (Wildman–Crippen MR) is 47.8 cm³/mol. The van der Waals surface area contributed by atoms with Crippen LogP contribution in [-0.2, 0) is 0 Å². The Bertz CT molecular complexity index is 69.7. The van der Waals surface area contributed by atoms with Crippen LogP contribution in [0.3, 0.4) is 0 Å². The van der Waals surface area contributed by atoms with Gasteiger partial charge in [0.15, 0.2) is 0 Å². The molecule has 0 radical (unpaired) electrons. The van der Waals surface area contributed by atoms with Gasteiger partial charge in [-0.05, 0) is 6.42 Å². The zero-order valence-corrected chi connectivity index (χ0v) is 7.62. The van der Waals surface area contributed by atoms with E-state index in [1.54, 1.807) is 0 Å². The van der Waals surface area contributed by atoms with Crippen molar-refractivity contribution in [3.05, 3.63) is 12.4 Å². The van der Waals surface area contributed by atoms with Crippen molar-refractivity contribution in [3.63, 3.8) is 0 Å². The molecule has 0 rings (SSSR count). The first-order valence-electron chi connectivity index (χ1n) is 3.91. The molecule has 62 valence electrons. The highest BCUT2D eigenvalue weighted by atomic mass is 15.1. The molecule has 0 aliphatic rings. The fourth-order valence-electron chi connectivity index (χ4n) is 0.364. The third-order valence-corrected chi connectivity index (χ3v) is 0.890. The molecule has 10 heavy (non-hydrogen) atoms. The first-order valence-corrected chi connectivity index (χ1v) is 3.91. The number of hydrogen-bond acceptors (Lipinski definition) is 2. The van der Waals surface area contributed by atoms with E-state index in [0.717, 1.165) is 18.8 Å². The van der Waals surface area contributed by atoms with Crippen LogP contribution in [-0.4, -0.2) is 13.6 Å². The van der Waals surface area contributed by atoms with Crippen LogP contribution in [0.4, 0.5) is 0 Å². The van der Waals surface area contributed by atoms with Crippen LogP contribution in [0.5, 0.6) is 0 Å². The van der Waals surface area contributed by atoms with Crippen LogP contribution in [0.25, 0.3) is 0 Å². The van der Waals surface area contributed by atoms with Crippen molar-refractivity contribution >= 4 is 0 Å². The van der Waals surface area contributed by atoms with E-state index < -0.39 is 0 Å². The molecule has 0 spiro atoms. The van der Waals surface area contributed by atoms with Gasteiger partial charge in [0.05, 0.1) is 5.82 Å². The van der Waals surface area contributed by atoms with Crippen LogP contribution >= 0.6 is 0 Å². The van der Waals surface area contributed by atoms with Gasteiger partial charge in [0.1, 0.15) is 0 Å². The molecule has 0 unspecified atom stereocenters. The lowest BCUT2D eigenvalue weighted by Gasteiger charge is -2.05. The molecule has 0 aliphatic heterocycles. The van der Waals surface area contributed by atoms with Crippen LogP contribution in [0, 0.1) is 0 Å². The quantitative estimate of drug-likeness (QED) is 0.627. The molecule has 0 atom stereocenters. The van der Waals surface area contributed by atoms with Gasteiger partial charge < -0.3 is 10.6 Å². The molecular weight excluding hydrogens is 124 g/mol. The highest BCUT2D eigenvalue weighted by molar-refractivity contribution is 4.84. The summed E-state index contributed by atoms with van der Waals surface area (Å²) >= 11 is 0. The van der Waals surface area contributed by atoms with Crippen LogP contribution in [0.1, 0.15) is 27.2 Å². The number of hydrogen-bond donors (Lipinski definition) is 2. The van der Waals surface area contributed by atoms with E-state index in [1.165, 1.54) is 0 Å². The number of nitrogens with one attached hydrogen (secondary N) is 2. The summed E-state index contributed by atoms with van der Waals surface area (Å²) in [6.45, 7) is 10.8. The highest BCUT2D eigenvalue weighted by Gasteiger charge is 1.81. The molecule has 0 amide bonds. The summed E-state index contributed by atoms with van der Waals surface area (Å²) < 4.78 is 0. The van der Waals surface area contributed by atoms with Crippen molar-refractivity contribution in [1.29, 1.82) is 0 Å². The Balaban J connectivity index is 0. The molecule has 0 bridgehead atoms. The Morgan fingerprint density at radius 2 is 1.90 bits per heavy atom. The van der Waals surface area contributed by atoms with E-state index in [4.69, 9.17) is 0 Å². The molecule has 0 aromatic heterocycles. The summed E-state index contributed by atoms with van der Waals surface area (Å²) in [4.78, 5) is 0. The third-order valence-electron chi connectivity index (χ3n) is 0.890. The third kappa shape index (κ3) is 10.3. The second-order valence-corrected chi connectivity index (χ2v) is 1.66. The van der Waals surface area contributed by atoms with E-state index in [0.29, 0.717) is 0 Å². The molecule has 0 aliphatic carbocycles. The molecule has 2 nitrogen and oxygen atoms in total. The Morgan fingerprint density at radius 3 is 2.20 bits per heavy atom. The van der Waals surface area contributed by atoms with Gasteiger partial charge in [0.25, 0.3) is 0 Å². The van der Waals surface area contributed by atoms with Gasteiger partial charge in [-0.1, -0.05) is 27.4 Å². The summed E-state index contributed by atoms with van der Waals surface area (Å²) in [5.74, 6) is 0.895. The van der Waals surface area contributed by atoms with Gasteiger partial charge in [0, 0.05) is 13.6 Å². The van der Waals surface area contributed by atoms with Crippen molar-refractivity contribution in [1.82, 2.24) is 10.6 Å². The van der Waals surface area contributed by atoms with Gasteiger partial charge >= 0.3 is 0 Å². The van der Waals surface area contributed by atoms with Gasteiger partial charge in [-0.2, -0.15) is 0 Å². The van der Waals surface area contributed by atoms with Gasteiger partial charge in [0.2, 0.25) is 0 Å². The summed E-state index contributed by atoms with van der Waals surface area (Å²) in [5, 5.41) is 5.97. The van der Waals surface area contributed by atoms with Gasteiger partial charge in [-0.3, -0.25) is 0 Å². The molecule has 0 saturated heterocycles. The van der Waals surface area contributed by atoms with Crippen LogP contribution in [0.15, 0.2) is 12.4 Å². The normalized spacial score (nSPS) is 7.20. The molecule has 0 heterocycles. The maximum absolute atomic E-state index is 3.69. The fraction of sp³-hybridized carbons (Fsp3) is 0.750.